The average molecular weight is 349 g/mol. The Balaban J connectivity index is 2.03. The monoisotopic (exact) mass is 349 g/mol. The fourth-order valence-electron chi connectivity index (χ4n) is 1.83. The molecular formula is C16H16FN3O3S. The molecule has 6 nitrogen and oxygen atoms in total. The molecule has 1 N–H and O–H groups in total. The van der Waals surface area contributed by atoms with E-state index >= 15 is 0 Å². The lowest BCUT2D eigenvalue weighted by Crippen LogP contribution is -2.25. The van der Waals surface area contributed by atoms with Gasteiger partial charge in [0.05, 0.1) is 18.2 Å². The van der Waals surface area contributed by atoms with Crippen LogP contribution in [0.25, 0.3) is 0 Å². The van der Waals surface area contributed by atoms with Crippen molar-refractivity contribution < 1.29 is 17.6 Å². The summed E-state index contributed by atoms with van der Waals surface area (Å²) in [6.07, 6.45) is 2.42. The van der Waals surface area contributed by atoms with Crippen LogP contribution in [0.2, 0.25) is 0 Å². The maximum atomic E-state index is 13.0. The summed E-state index contributed by atoms with van der Waals surface area (Å²) >= 11 is 0. The number of nitrogens with one attached hydrogen (secondary N) is 1. The fourth-order valence-corrected chi connectivity index (χ4v) is 2.34. The SMILES string of the molecule is CN(c1ccc(C(=O)N/N=C\c2cccc(F)c2)cc1)S(C)(=O)=O. The van der Waals surface area contributed by atoms with Crippen molar-refractivity contribution in [2.24, 2.45) is 5.10 Å². The van der Waals surface area contributed by atoms with Gasteiger partial charge >= 0.3 is 0 Å². The third kappa shape index (κ3) is 4.63. The third-order valence-corrected chi connectivity index (χ3v) is 4.42. The molecule has 2 aromatic carbocycles. The molecule has 2 rings (SSSR count). The quantitative estimate of drug-likeness (QED) is 0.662. The van der Waals surface area contributed by atoms with Gasteiger partial charge in [-0.1, -0.05) is 12.1 Å². The Morgan fingerprint density at radius 3 is 2.46 bits per heavy atom. The number of carbonyl (C=O) groups is 1. The zero-order chi connectivity index (χ0) is 17.7. The maximum Gasteiger partial charge on any atom is 0.271 e. The number of nitrogens with zero attached hydrogens (tertiary/aromatic N) is 2. The molecule has 0 saturated heterocycles. The number of rotatable bonds is 5. The molecule has 0 aromatic heterocycles. The largest absolute Gasteiger partial charge is 0.274 e. The van der Waals surface area contributed by atoms with Crippen LogP contribution >= 0.6 is 0 Å². The van der Waals surface area contributed by atoms with Gasteiger partial charge in [0.25, 0.3) is 5.91 Å². The highest BCUT2D eigenvalue weighted by Crippen LogP contribution is 2.16. The van der Waals surface area contributed by atoms with Crippen LogP contribution in [0.15, 0.2) is 53.6 Å². The summed E-state index contributed by atoms with van der Waals surface area (Å²) in [5.74, 6) is -0.855. The number of hydrazone groups is 1. The number of carbonyl (C=O) groups excluding carboxylic acids is 1. The molecule has 0 aliphatic rings. The molecule has 0 aliphatic carbocycles. The van der Waals surface area contributed by atoms with Crippen LogP contribution in [0, 0.1) is 5.82 Å². The van der Waals surface area contributed by atoms with E-state index in [0.29, 0.717) is 16.8 Å². The minimum Gasteiger partial charge on any atom is -0.274 e. The molecule has 0 saturated carbocycles. The van der Waals surface area contributed by atoms with Crippen LogP contribution in [-0.2, 0) is 10.0 Å². The smallest absolute Gasteiger partial charge is 0.271 e. The predicted octanol–water partition coefficient (Wildman–Crippen LogP) is 1.99. The third-order valence-electron chi connectivity index (χ3n) is 3.22. The Labute approximate surface area is 139 Å². The van der Waals surface area contributed by atoms with E-state index in [0.717, 1.165) is 10.6 Å². The van der Waals surface area contributed by atoms with Gasteiger partial charge in [0.15, 0.2) is 0 Å². The lowest BCUT2D eigenvalue weighted by atomic mass is 10.2. The zero-order valence-corrected chi connectivity index (χ0v) is 13.9. The Bertz CT molecular complexity index is 864. The Morgan fingerprint density at radius 1 is 1.21 bits per heavy atom. The van der Waals surface area contributed by atoms with Crippen molar-refractivity contribution in [2.45, 2.75) is 0 Å². The zero-order valence-electron chi connectivity index (χ0n) is 13.1. The van der Waals surface area contributed by atoms with E-state index in [1.807, 2.05) is 0 Å². The van der Waals surface area contributed by atoms with E-state index in [4.69, 9.17) is 0 Å². The minimum atomic E-state index is -3.36. The van der Waals surface area contributed by atoms with Crippen LogP contribution in [0.1, 0.15) is 15.9 Å². The van der Waals surface area contributed by atoms with Crippen molar-refractivity contribution in [3.63, 3.8) is 0 Å². The average Bonchev–Trinajstić information content (AvgIpc) is 2.53. The molecule has 1 amide bonds. The van der Waals surface area contributed by atoms with Gasteiger partial charge in [-0.05, 0) is 42.0 Å². The van der Waals surface area contributed by atoms with Crippen molar-refractivity contribution in [1.29, 1.82) is 0 Å². The standard InChI is InChI=1S/C16H16FN3O3S/c1-20(24(2,22)23)15-8-6-13(7-9-15)16(21)19-18-11-12-4-3-5-14(17)10-12/h3-11H,1-2H3,(H,19,21)/b18-11-. The summed E-state index contributed by atoms with van der Waals surface area (Å²) in [7, 11) is -1.93. The molecule has 0 aliphatic heterocycles. The summed E-state index contributed by atoms with van der Waals surface area (Å²) in [6, 6.07) is 11.8. The Kier molecular flexibility index (Phi) is 5.30. The van der Waals surface area contributed by atoms with Crippen molar-refractivity contribution in [2.75, 3.05) is 17.6 Å². The van der Waals surface area contributed by atoms with E-state index in [1.54, 1.807) is 6.07 Å². The Morgan fingerprint density at radius 2 is 1.88 bits per heavy atom. The second-order valence-electron chi connectivity index (χ2n) is 5.03. The first-order valence-corrected chi connectivity index (χ1v) is 8.75. The van der Waals surface area contributed by atoms with Crippen molar-refractivity contribution in [1.82, 2.24) is 5.43 Å². The molecule has 0 atom stereocenters. The summed E-state index contributed by atoms with van der Waals surface area (Å²) < 4.78 is 37.0. The predicted molar refractivity (Wildman–Crippen MR) is 91.1 cm³/mol. The first-order chi connectivity index (χ1) is 11.3. The normalized spacial score (nSPS) is 11.5. The second kappa shape index (κ2) is 7.22. The summed E-state index contributed by atoms with van der Waals surface area (Å²) in [4.78, 5) is 11.9. The molecular weight excluding hydrogens is 333 g/mol. The van der Waals surface area contributed by atoms with Gasteiger partial charge in [-0.25, -0.2) is 18.2 Å². The first-order valence-electron chi connectivity index (χ1n) is 6.90. The lowest BCUT2D eigenvalue weighted by molar-refractivity contribution is 0.0955. The van der Waals surface area contributed by atoms with E-state index < -0.39 is 21.7 Å². The van der Waals surface area contributed by atoms with Crippen LogP contribution < -0.4 is 9.73 Å². The van der Waals surface area contributed by atoms with E-state index in [-0.39, 0.29) is 0 Å². The van der Waals surface area contributed by atoms with Gasteiger partial charge in [-0.3, -0.25) is 9.10 Å². The summed E-state index contributed by atoms with van der Waals surface area (Å²) in [5, 5.41) is 3.76. The molecule has 2 aromatic rings. The molecule has 126 valence electrons. The first kappa shape index (κ1) is 17.6. The van der Waals surface area contributed by atoms with E-state index in [2.05, 4.69) is 10.5 Å². The number of benzene rings is 2. The molecule has 8 heteroatoms. The van der Waals surface area contributed by atoms with Gasteiger partial charge in [0.1, 0.15) is 5.82 Å². The van der Waals surface area contributed by atoms with Gasteiger partial charge in [0.2, 0.25) is 10.0 Å². The van der Waals surface area contributed by atoms with Gasteiger partial charge in [-0.2, -0.15) is 5.10 Å². The molecule has 0 spiro atoms. The van der Waals surface area contributed by atoms with Gasteiger partial charge in [0, 0.05) is 12.6 Å². The van der Waals surface area contributed by atoms with Crippen LogP contribution in [0.4, 0.5) is 10.1 Å². The molecule has 0 fully saturated rings. The Hall–Kier alpha value is -2.74. The van der Waals surface area contributed by atoms with E-state index in [9.17, 15) is 17.6 Å². The number of hydrogen-bond acceptors (Lipinski definition) is 4. The van der Waals surface area contributed by atoms with Gasteiger partial charge < -0.3 is 0 Å². The van der Waals surface area contributed by atoms with Crippen LogP contribution in [-0.4, -0.2) is 33.8 Å². The van der Waals surface area contributed by atoms with E-state index in [1.165, 1.54) is 55.7 Å². The number of halogens is 1. The highest BCUT2D eigenvalue weighted by atomic mass is 32.2. The number of hydrogen-bond donors (Lipinski definition) is 1. The van der Waals surface area contributed by atoms with Gasteiger partial charge in [-0.15, -0.1) is 0 Å². The fraction of sp³-hybridized carbons (Fsp3) is 0.125. The highest BCUT2D eigenvalue weighted by molar-refractivity contribution is 7.92. The number of anilines is 1. The van der Waals surface area contributed by atoms with Crippen molar-refractivity contribution in [3.8, 4) is 0 Å². The van der Waals surface area contributed by atoms with Crippen molar-refractivity contribution in [3.05, 3.63) is 65.5 Å². The molecule has 0 radical (unpaired) electrons. The van der Waals surface area contributed by atoms with Crippen LogP contribution in [0.3, 0.4) is 0 Å². The number of amides is 1. The van der Waals surface area contributed by atoms with Crippen molar-refractivity contribution >= 4 is 27.8 Å². The summed E-state index contributed by atoms with van der Waals surface area (Å²) in [6.45, 7) is 0. The topological polar surface area (TPSA) is 78.8 Å². The highest BCUT2D eigenvalue weighted by Gasteiger charge is 2.12. The molecule has 0 bridgehead atoms. The summed E-state index contributed by atoms with van der Waals surface area (Å²) in [5.41, 5.74) is 3.59. The second-order valence-corrected chi connectivity index (χ2v) is 7.05. The number of sulfonamides is 1. The molecule has 0 heterocycles. The minimum absolute atomic E-state index is 0.317. The maximum absolute atomic E-state index is 13.0. The molecule has 0 unspecified atom stereocenters. The van der Waals surface area contributed by atoms with Crippen LogP contribution in [0.5, 0.6) is 0 Å². The lowest BCUT2D eigenvalue weighted by Gasteiger charge is -2.16. The molecule has 24 heavy (non-hydrogen) atoms.